The molecule has 254 valence electrons. The van der Waals surface area contributed by atoms with Crippen LogP contribution in [0, 0.1) is 6.92 Å². The number of hydrogen-bond donors (Lipinski definition) is 4. The lowest BCUT2D eigenvalue weighted by molar-refractivity contribution is -0.119. The van der Waals surface area contributed by atoms with Gasteiger partial charge in [0.15, 0.2) is 0 Å². The van der Waals surface area contributed by atoms with Crippen LogP contribution >= 0.6 is 23.2 Å². The van der Waals surface area contributed by atoms with Gasteiger partial charge in [0.25, 0.3) is 5.56 Å². The molecule has 1 amide bonds. The lowest BCUT2D eigenvalue weighted by atomic mass is 9.96. The van der Waals surface area contributed by atoms with Crippen molar-refractivity contribution in [2.24, 2.45) is 0 Å². The summed E-state index contributed by atoms with van der Waals surface area (Å²) in [5.41, 5.74) is 6.94. The first-order valence-electron chi connectivity index (χ1n) is 16.2. The minimum atomic E-state index is -0.516. The summed E-state index contributed by atoms with van der Waals surface area (Å²) >= 11 is 14.2. The molecule has 4 N–H and O–H groups in total. The third kappa shape index (κ3) is 7.49. The number of benzene rings is 2. The Hall–Kier alpha value is -4.32. The molecule has 0 aliphatic carbocycles. The molecule has 0 radical (unpaired) electrons. The summed E-state index contributed by atoms with van der Waals surface area (Å²) in [4.78, 5) is 34.1. The number of hydrogen-bond acceptors (Lipinski definition) is 8. The summed E-state index contributed by atoms with van der Waals surface area (Å²) in [5.74, 6) is 0.583. The predicted molar refractivity (Wildman–Crippen MR) is 193 cm³/mol. The van der Waals surface area contributed by atoms with E-state index >= 15 is 0 Å². The van der Waals surface area contributed by atoms with Crippen LogP contribution in [-0.2, 0) is 17.9 Å². The first-order chi connectivity index (χ1) is 23.6. The molecule has 49 heavy (non-hydrogen) atoms. The average molecular weight is 702 g/mol. The van der Waals surface area contributed by atoms with Crippen LogP contribution in [0.25, 0.3) is 39.2 Å². The molecule has 1 saturated heterocycles. The summed E-state index contributed by atoms with van der Waals surface area (Å²) in [6, 6.07) is 19.3. The van der Waals surface area contributed by atoms with Gasteiger partial charge < -0.3 is 25.8 Å². The number of aromatic nitrogens is 3. The quantitative estimate of drug-likeness (QED) is 0.133. The van der Waals surface area contributed by atoms with Crippen molar-refractivity contribution in [3.63, 3.8) is 0 Å². The Morgan fingerprint density at radius 3 is 2.37 bits per heavy atom. The number of pyridine rings is 2. The zero-order valence-electron chi connectivity index (χ0n) is 27.5. The number of nitrogens with one attached hydrogen (secondary N) is 3. The van der Waals surface area contributed by atoms with Gasteiger partial charge in [-0.1, -0.05) is 65.7 Å². The monoisotopic (exact) mass is 700 g/mol. The summed E-state index contributed by atoms with van der Waals surface area (Å²) < 4.78 is 7.22. The van der Waals surface area contributed by atoms with Crippen LogP contribution in [0.2, 0.25) is 10.0 Å². The van der Waals surface area contributed by atoms with E-state index < -0.39 is 6.10 Å². The lowest BCUT2D eigenvalue weighted by Gasteiger charge is -2.16. The van der Waals surface area contributed by atoms with Crippen LogP contribution in [-0.4, -0.2) is 57.7 Å². The number of aliphatic hydroxyl groups is 1. The maximum Gasteiger partial charge on any atom is 0.262 e. The number of nitrogens with zero attached hydrogens (tertiary/aromatic N) is 3. The number of halogens is 2. The van der Waals surface area contributed by atoms with E-state index in [0.717, 1.165) is 39.8 Å². The molecule has 6 rings (SSSR count). The number of amides is 1. The number of methoxy groups -OCH3 is 1. The maximum atomic E-state index is 13.3. The van der Waals surface area contributed by atoms with Gasteiger partial charge in [-0.3, -0.25) is 14.0 Å². The third-order valence-corrected chi connectivity index (χ3v) is 9.43. The van der Waals surface area contributed by atoms with Gasteiger partial charge in [0.2, 0.25) is 11.8 Å². The molecule has 3 aromatic heterocycles. The molecule has 1 fully saturated rings. The molecule has 12 heteroatoms. The number of aliphatic hydroxyl groups excluding tert-OH is 1. The number of carbonyl (C=O) groups is 1. The molecule has 5 aromatic rings. The van der Waals surface area contributed by atoms with Crippen molar-refractivity contribution in [3.8, 4) is 39.4 Å². The standard InChI is InChI=1S/C37H38Cl2N6O4/c1-21-14-24(15-32-42-19-25(37(48)45(21)32)18-40-16-22(2)46)27-6-4-7-28(34(27)38)29-8-5-9-30(35(29)39)31-12-10-23(36(44-31)49-3)17-41-20-26-11-13-33(47)43-26/h4-10,12,14-15,19,22,26,40-41,46H,11,13,16-18,20H2,1-3H3,(H,43,47)/t22?,26-/m1/s1. The highest BCUT2D eigenvalue weighted by Gasteiger charge is 2.21. The third-order valence-electron chi connectivity index (χ3n) is 8.61. The largest absolute Gasteiger partial charge is 0.481 e. The van der Waals surface area contributed by atoms with Gasteiger partial charge in [0.1, 0.15) is 5.65 Å². The number of ether oxygens (including phenoxy) is 1. The van der Waals surface area contributed by atoms with Crippen LogP contribution in [0.5, 0.6) is 5.88 Å². The number of fused-ring (bicyclic) bond motifs is 1. The van der Waals surface area contributed by atoms with Crippen molar-refractivity contribution in [2.75, 3.05) is 20.2 Å². The summed E-state index contributed by atoms with van der Waals surface area (Å²) in [5, 5.41) is 20.0. The van der Waals surface area contributed by atoms with Crippen LogP contribution in [0.4, 0.5) is 0 Å². The van der Waals surface area contributed by atoms with Crippen molar-refractivity contribution < 1.29 is 14.6 Å². The SMILES string of the molecule is COc1nc(-c2cccc(-c3cccc(-c4cc(C)n5c(=O)c(CNCC(C)O)cnc5c4)c3Cl)c2Cl)ccc1CNC[C@H]1CCC(=O)N1. The summed E-state index contributed by atoms with van der Waals surface area (Å²) in [6.45, 7) is 5.44. The van der Waals surface area contributed by atoms with Crippen molar-refractivity contribution in [2.45, 2.75) is 51.9 Å². The Morgan fingerprint density at radius 2 is 1.67 bits per heavy atom. The van der Waals surface area contributed by atoms with E-state index in [2.05, 4.69) is 20.9 Å². The molecule has 1 unspecified atom stereocenters. The Balaban J connectivity index is 1.28. The fourth-order valence-electron chi connectivity index (χ4n) is 6.15. The molecule has 4 heterocycles. The fraction of sp³-hybridized carbons (Fsp3) is 0.297. The van der Waals surface area contributed by atoms with Crippen molar-refractivity contribution in [1.82, 2.24) is 30.3 Å². The second-order valence-electron chi connectivity index (χ2n) is 12.3. The van der Waals surface area contributed by atoms with Crippen molar-refractivity contribution >= 4 is 34.8 Å². The van der Waals surface area contributed by atoms with Gasteiger partial charge >= 0.3 is 0 Å². The molecular weight excluding hydrogens is 663 g/mol. The molecule has 0 spiro atoms. The molecule has 10 nitrogen and oxygen atoms in total. The first kappa shape index (κ1) is 34.5. The Labute approximate surface area is 294 Å². The van der Waals surface area contributed by atoms with Gasteiger partial charge in [-0.2, -0.15) is 0 Å². The highest BCUT2D eigenvalue weighted by atomic mass is 35.5. The van der Waals surface area contributed by atoms with E-state index in [-0.39, 0.29) is 17.5 Å². The molecule has 2 aromatic carbocycles. The molecule has 0 saturated carbocycles. The normalized spacial score (nSPS) is 15.1. The lowest BCUT2D eigenvalue weighted by Crippen LogP contribution is -2.35. The van der Waals surface area contributed by atoms with Crippen molar-refractivity contribution in [1.29, 1.82) is 0 Å². The Morgan fingerprint density at radius 1 is 0.980 bits per heavy atom. The highest BCUT2D eigenvalue weighted by Crippen LogP contribution is 2.42. The summed E-state index contributed by atoms with van der Waals surface area (Å²) in [7, 11) is 1.59. The van der Waals surface area contributed by atoms with Gasteiger partial charge in [-0.25, -0.2) is 9.97 Å². The van der Waals surface area contributed by atoms with Gasteiger partial charge in [-0.05, 0) is 44.0 Å². The van der Waals surface area contributed by atoms with Crippen LogP contribution < -0.4 is 26.2 Å². The Kier molecular flexibility index (Phi) is 10.6. The zero-order chi connectivity index (χ0) is 34.7. The van der Waals surface area contributed by atoms with Crippen molar-refractivity contribution in [3.05, 3.63) is 104 Å². The van der Waals surface area contributed by atoms with E-state index in [1.807, 2.05) is 67.6 Å². The average Bonchev–Trinajstić information content (AvgIpc) is 3.50. The van der Waals surface area contributed by atoms with E-state index in [9.17, 15) is 14.7 Å². The first-order valence-corrected chi connectivity index (χ1v) is 16.9. The Bertz CT molecular complexity index is 2080. The molecule has 0 bridgehead atoms. The second kappa shape index (κ2) is 15.1. The summed E-state index contributed by atoms with van der Waals surface area (Å²) in [6.07, 6.45) is 2.45. The minimum Gasteiger partial charge on any atom is -0.481 e. The minimum absolute atomic E-state index is 0.0926. The molecular formula is C37H38Cl2N6O4. The fourth-order valence-corrected chi connectivity index (χ4v) is 6.81. The topological polar surface area (TPSA) is 130 Å². The van der Waals surface area contributed by atoms with Crippen LogP contribution in [0.1, 0.15) is 36.6 Å². The van der Waals surface area contributed by atoms with E-state index in [0.29, 0.717) is 71.1 Å². The highest BCUT2D eigenvalue weighted by molar-refractivity contribution is 6.39. The van der Waals surface area contributed by atoms with Gasteiger partial charge in [0.05, 0.1) is 34.5 Å². The zero-order valence-corrected chi connectivity index (χ0v) is 29.0. The number of rotatable bonds is 12. The molecule has 1 aliphatic rings. The smallest absolute Gasteiger partial charge is 0.262 e. The van der Waals surface area contributed by atoms with Crippen LogP contribution in [0.3, 0.4) is 0 Å². The maximum absolute atomic E-state index is 13.3. The second-order valence-corrected chi connectivity index (χ2v) is 13.0. The molecule has 1 aliphatic heterocycles. The van der Waals surface area contributed by atoms with E-state index in [4.69, 9.17) is 32.9 Å². The van der Waals surface area contributed by atoms with Gasteiger partial charge in [-0.15, -0.1) is 0 Å². The van der Waals surface area contributed by atoms with Gasteiger partial charge in [0, 0.05) is 78.3 Å². The predicted octanol–water partition coefficient (Wildman–Crippen LogP) is 5.55. The van der Waals surface area contributed by atoms with E-state index in [1.165, 1.54) is 0 Å². The van der Waals surface area contributed by atoms with Crippen LogP contribution in [0.15, 0.2) is 71.7 Å². The van der Waals surface area contributed by atoms with E-state index in [1.54, 1.807) is 24.6 Å². The number of aryl methyl sites for hydroxylation is 1. The number of carbonyl (C=O) groups excluding carboxylic acids is 1. The molecule has 2 atom stereocenters.